The molecule has 0 unspecified atom stereocenters. The van der Waals surface area contributed by atoms with Gasteiger partial charge in [0.15, 0.2) is 0 Å². The minimum atomic E-state index is 0.316. The van der Waals surface area contributed by atoms with Crippen LogP contribution in [0.25, 0.3) is 0 Å². The van der Waals surface area contributed by atoms with Crippen molar-refractivity contribution in [3.05, 3.63) is 45.7 Å². The van der Waals surface area contributed by atoms with E-state index in [-0.39, 0.29) is 0 Å². The number of aryl methyl sites for hydroxylation is 1. The van der Waals surface area contributed by atoms with Crippen LogP contribution in [0.4, 0.5) is 11.4 Å². The van der Waals surface area contributed by atoms with Crippen LogP contribution in [0, 0.1) is 12.3 Å². The Bertz CT molecular complexity index is 812. The number of aromatic nitrogens is 1. The average Bonchev–Trinajstić information content (AvgIpc) is 2.74. The fourth-order valence-corrected chi connectivity index (χ4v) is 3.32. The Kier molecular flexibility index (Phi) is 10.7. The van der Waals surface area contributed by atoms with Crippen LogP contribution < -0.4 is 15.0 Å². The van der Waals surface area contributed by atoms with E-state index in [1.807, 2.05) is 52.1 Å². The molecule has 2 aromatic rings. The number of pyridine rings is 1. The number of likely N-dealkylation sites (N-methyl/N-ethyl adjacent to an activating group) is 1. The third-order valence-electron chi connectivity index (χ3n) is 4.33. The molecule has 0 spiro atoms. The Morgan fingerprint density at radius 3 is 2.48 bits per heavy atom. The quantitative estimate of drug-likeness (QED) is 0.504. The lowest BCUT2D eigenvalue weighted by molar-refractivity contribution is 0.205. The number of halogens is 1. The van der Waals surface area contributed by atoms with Gasteiger partial charge in [-0.05, 0) is 38.1 Å². The summed E-state index contributed by atoms with van der Waals surface area (Å²) in [5.74, 6) is 0.632. The van der Waals surface area contributed by atoms with Gasteiger partial charge in [-0.3, -0.25) is 5.41 Å². The lowest BCUT2D eigenvalue weighted by Gasteiger charge is -2.27. The number of nitrogens with one attached hydrogen (secondary N) is 2. The molecule has 1 aromatic carbocycles. The van der Waals surface area contributed by atoms with Crippen molar-refractivity contribution in [3.8, 4) is 5.75 Å². The van der Waals surface area contributed by atoms with E-state index in [0.717, 1.165) is 34.6 Å². The van der Waals surface area contributed by atoms with Gasteiger partial charge in [0.25, 0.3) is 0 Å². The fraction of sp³-hybridized carbons (Fsp3) is 0.455. The second-order valence-corrected chi connectivity index (χ2v) is 6.96. The summed E-state index contributed by atoms with van der Waals surface area (Å²) >= 11 is 3.45. The molecule has 0 bridgehead atoms. The smallest absolute Gasteiger partial charge is 0.129 e. The topological polar surface area (TPSA) is 70.5 Å². The number of nitrogens with zero attached hydrogens (tertiary/aromatic N) is 2. The second kappa shape index (κ2) is 12.4. The van der Waals surface area contributed by atoms with E-state index in [1.165, 1.54) is 0 Å². The first kappa shape index (κ1) is 24.9. The van der Waals surface area contributed by atoms with Crippen LogP contribution in [0.3, 0.4) is 0 Å². The first-order valence-corrected chi connectivity index (χ1v) is 10.6. The summed E-state index contributed by atoms with van der Waals surface area (Å²) in [4.78, 5) is 6.89. The molecular weight excluding hydrogens is 432 g/mol. The number of anilines is 2. The second-order valence-electron chi connectivity index (χ2n) is 6.05. The summed E-state index contributed by atoms with van der Waals surface area (Å²) in [6.45, 7) is 10.3. The third-order valence-corrected chi connectivity index (χ3v) is 4.83. The van der Waals surface area contributed by atoms with E-state index in [9.17, 15) is 0 Å². The molecule has 0 fully saturated rings. The van der Waals surface area contributed by atoms with Crippen LogP contribution in [0.15, 0.2) is 28.7 Å². The molecule has 7 heteroatoms. The Balaban J connectivity index is 0.00000204. The van der Waals surface area contributed by atoms with Gasteiger partial charge in [-0.25, -0.2) is 4.98 Å². The van der Waals surface area contributed by atoms with Crippen LogP contribution in [0.5, 0.6) is 5.75 Å². The van der Waals surface area contributed by atoms with Crippen LogP contribution >= 0.6 is 15.9 Å². The van der Waals surface area contributed by atoms with Crippen molar-refractivity contribution in [2.75, 3.05) is 51.2 Å². The minimum absolute atomic E-state index is 0.316. The van der Waals surface area contributed by atoms with Crippen molar-refractivity contribution in [1.29, 1.82) is 5.41 Å². The minimum Gasteiger partial charge on any atom is -0.496 e. The highest BCUT2D eigenvalue weighted by Crippen LogP contribution is 2.33. The van der Waals surface area contributed by atoms with Gasteiger partial charge < -0.3 is 19.7 Å². The average molecular weight is 465 g/mol. The van der Waals surface area contributed by atoms with Gasteiger partial charge in [0, 0.05) is 43.0 Å². The third kappa shape index (κ3) is 6.18. The lowest BCUT2D eigenvalue weighted by atomic mass is 10.0. The largest absolute Gasteiger partial charge is 0.496 e. The molecule has 6 nitrogen and oxygen atoms in total. The normalized spacial score (nSPS) is 10.1. The Hall–Kier alpha value is -2.12. The van der Waals surface area contributed by atoms with Gasteiger partial charge in [0.05, 0.1) is 30.8 Å². The van der Waals surface area contributed by atoms with E-state index in [4.69, 9.17) is 14.9 Å². The van der Waals surface area contributed by atoms with E-state index < -0.39 is 0 Å². The molecule has 0 aliphatic rings. The molecule has 0 atom stereocenters. The monoisotopic (exact) mass is 464 g/mol. The van der Waals surface area contributed by atoms with Crippen molar-refractivity contribution < 1.29 is 9.47 Å². The van der Waals surface area contributed by atoms with Crippen molar-refractivity contribution in [2.24, 2.45) is 0 Å². The van der Waals surface area contributed by atoms with Crippen molar-refractivity contribution >= 4 is 33.0 Å². The first-order chi connectivity index (χ1) is 14.0. The molecule has 2 rings (SSSR count). The predicted octanol–water partition coefficient (Wildman–Crippen LogP) is 5.12. The molecule has 0 saturated heterocycles. The fourth-order valence-electron chi connectivity index (χ4n) is 2.98. The van der Waals surface area contributed by atoms with Crippen LogP contribution in [-0.2, 0) is 4.74 Å². The predicted molar refractivity (Wildman–Crippen MR) is 126 cm³/mol. The summed E-state index contributed by atoms with van der Waals surface area (Å²) in [6.07, 6.45) is 0. The molecule has 0 aliphatic heterocycles. The lowest BCUT2D eigenvalue weighted by Crippen LogP contribution is -2.28. The van der Waals surface area contributed by atoms with Gasteiger partial charge in [-0.1, -0.05) is 29.8 Å². The molecule has 0 saturated carbocycles. The molecule has 0 amide bonds. The molecule has 29 heavy (non-hydrogen) atoms. The number of hydrogen-bond acceptors (Lipinski definition) is 6. The van der Waals surface area contributed by atoms with Crippen LogP contribution in [0.2, 0.25) is 0 Å². The van der Waals surface area contributed by atoms with Gasteiger partial charge >= 0.3 is 0 Å². The van der Waals surface area contributed by atoms with Crippen molar-refractivity contribution in [2.45, 2.75) is 27.7 Å². The van der Waals surface area contributed by atoms with Gasteiger partial charge in [-0.2, -0.15) is 0 Å². The maximum Gasteiger partial charge on any atom is 0.129 e. The molecule has 1 aromatic heterocycles. The van der Waals surface area contributed by atoms with Gasteiger partial charge in [0.2, 0.25) is 0 Å². The van der Waals surface area contributed by atoms with Gasteiger partial charge in [-0.15, -0.1) is 0 Å². The highest BCUT2D eigenvalue weighted by Gasteiger charge is 2.21. The number of benzene rings is 1. The standard InChI is InChI=1S/C20H27BrN4O2.C2H6/c1-6-25(9-10-26-4)16-11-13(2)24-20(19(16)23-3)18(22)15-8-7-14(21)12-17(15)27-5;1-2/h7-8,11-12,22-23H,6,9-10H2,1-5H3;1-2H3. The molecule has 2 N–H and O–H groups in total. The van der Waals surface area contributed by atoms with E-state index in [1.54, 1.807) is 14.2 Å². The highest BCUT2D eigenvalue weighted by molar-refractivity contribution is 9.10. The maximum atomic E-state index is 8.82. The maximum absolute atomic E-state index is 8.82. The Morgan fingerprint density at radius 2 is 1.93 bits per heavy atom. The van der Waals surface area contributed by atoms with E-state index >= 15 is 0 Å². The summed E-state index contributed by atoms with van der Waals surface area (Å²) in [6, 6.07) is 7.67. The molecule has 160 valence electrons. The van der Waals surface area contributed by atoms with E-state index in [2.05, 4.69) is 38.1 Å². The number of hydrogen-bond donors (Lipinski definition) is 2. The molecule has 1 heterocycles. The summed E-state index contributed by atoms with van der Waals surface area (Å²) in [5.41, 5.74) is 4.31. The number of ether oxygens (including phenoxy) is 2. The number of methoxy groups -OCH3 is 2. The van der Waals surface area contributed by atoms with Crippen LogP contribution in [0.1, 0.15) is 37.7 Å². The first-order valence-electron chi connectivity index (χ1n) is 9.82. The number of rotatable bonds is 9. The Labute approximate surface area is 183 Å². The van der Waals surface area contributed by atoms with Crippen LogP contribution in [-0.4, -0.2) is 51.7 Å². The SMILES string of the molecule is CC.CCN(CCOC)c1cc(C)nc(C(=N)c2ccc(Br)cc2OC)c1NC. The summed E-state index contributed by atoms with van der Waals surface area (Å²) in [5, 5.41) is 12.1. The van der Waals surface area contributed by atoms with Crippen molar-refractivity contribution in [1.82, 2.24) is 4.98 Å². The zero-order chi connectivity index (χ0) is 22.0. The molecule has 0 radical (unpaired) electrons. The molecule has 0 aliphatic carbocycles. The molecular formula is C22H33BrN4O2. The zero-order valence-corrected chi connectivity index (χ0v) is 20.1. The Morgan fingerprint density at radius 1 is 1.24 bits per heavy atom. The summed E-state index contributed by atoms with van der Waals surface area (Å²) < 4.78 is 11.6. The summed E-state index contributed by atoms with van der Waals surface area (Å²) in [7, 11) is 5.16. The van der Waals surface area contributed by atoms with E-state index in [0.29, 0.717) is 29.3 Å². The van der Waals surface area contributed by atoms with Gasteiger partial charge in [0.1, 0.15) is 11.4 Å². The van der Waals surface area contributed by atoms with Crippen molar-refractivity contribution in [3.63, 3.8) is 0 Å². The highest BCUT2D eigenvalue weighted by atomic mass is 79.9. The zero-order valence-electron chi connectivity index (χ0n) is 18.5.